The van der Waals surface area contributed by atoms with Crippen LogP contribution in [-0.4, -0.2) is 68.9 Å². The van der Waals surface area contributed by atoms with Crippen LogP contribution < -0.4 is 10.1 Å². The molecule has 7 nitrogen and oxygen atoms in total. The molecule has 2 aromatic rings. The molecule has 1 atom stereocenters. The molecule has 3 rings (SSSR count). The molecule has 1 aliphatic heterocycles. The van der Waals surface area contributed by atoms with Crippen LogP contribution in [0.5, 0.6) is 5.75 Å². The highest BCUT2D eigenvalue weighted by molar-refractivity contribution is 5.96. The Hall–Kier alpha value is -2.97. The van der Waals surface area contributed by atoms with Crippen LogP contribution in [0.15, 0.2) is 36.4 Å². The second kappa shape index (κ2) is 13.4. The average Bonchev–Trinajstić information content (AvgIpc) is 2.87. The highest BCUT2D eigenvalue weighted by atomic mass is 19.1. The van der Waals surface area contributed by atoms with Gasteiger partial charge in [0, 0.05) is 55.5 Å². The van der Waals surface area contributed by atoms with Crippen molar-refractivity contribution in [2.24, 2.45) is 0 Å². The van der Waals surface area contributed by atoms with Gasteiger partial charge in [-0.2, -0.15) is 0 Å². The number of hydrogen-bond acceptors (Lipinski definition) is 6. The second-order valence-corrected chi connectivity index (χ2v) is 9.13. The topological polar surface area (TPSA) is 77.1 Å². The fourth-order valence-electron chi connectivity index (χ4n) is 4.50. The summed E-state index contributed by atoms with van der Waals surface area (Å²) in [5, 5.41) is 3.38. The molecule has 0 aromatic heterocycles. The van der Waals surface area contributed by atoms with Gasteiger partial charge in [-0.05, 0) is 76.6 Å². The van der Waals surface area contributed by atoms with Gasteiger partial charge in [0.15, 0.2) is 0 Å². The third-order valence-electron chi connectivity index (χ3n) is 6.20. The van der Waals surface area contributed by atoms with Crippen molar-refractivity contribution in [1.82, 2.24) is 10.2 Å². The van der Waals surface area contributed by atoms with E-state index in [1.165, 1.54) is 18.2 Å². The van der Waals surface area contributed by atoms with Gasteiger partial charge < -0.3 is 24.4 Å². The predicted molar refractivity (Wildman–Crippen MR) is 137 cm³/mol. The van der Waals surface area contributed by atoms with Crippen LogP contribution in [0.1, 0.15) is 60.7 Å². The number of rotatable bonds is 11. The van der Waals surface area contributed by atoms with Crippen molar-refractivity contribution < 1.29 is 28.2 Å². The quantitative estimate of drug-likeness (QED) is 0.356. The molecule has 0 radical (unpaired) electrons. The van der Waals surface area contributed by atoms with Crippen LogP contribution >= 0.6 is 0 Å². The summed E-state index contributed by atoms with van der Waals surface area (Å²) < 4.78 is 31.2. The third kappa shape index (κ3) is 6.83. The van der Waals surface area contributed by atoms with Crippen LogP contribution in [0.25, 0.3) is 11.1 Å². The monoisotopic (exact) mass is 500 g/mol. The Morgan fingerprint density at radius 3 is 2.56 bits per heavy atom. The minimum atomic E-state index is -0.526. The summed E-state index contributed by atoms with van der Waals surface area (Å²) in [5.41, 5.74) is 1.39. The number of halogens is 1. The average molecular weight is 501 g/mol. The number of ether oxygens (including phenoxy) is 3. The molecular formula is C28H37FN2O5. The Morgan fingerprint density at radius 2 is 1.89 bits per heavy atom. The Labute approximate surface area is 212 Å². The fraction of sp³-hybridized carbons (Fsp3) is 0.500. The molecule has 0 saturated carbocycles. The van der Waals surface area contributed by atoms with E-state index in [4.69, 9.17) is 14.2 Å². The van der Waals surface area contributed by atoms with Gasteiger partial charge in [-0.3, -0.25) is 4.79 Å². The van der Waals surface area contributed by atoms with Crippen molar-refractivity contribution in [3.63, 3.8) is 0 Å². The number of methoxy groups -OCH3 is 1. The molecule has 1 heterocycles. The zero-order valence-electron chi connectivity index (χ0n) is 21.6. The van der Waals surface area contributed by atoms with Crippen molar-refractivity contribution in [3.05, 3.63) is 53.3 Å². The molecular weight excluding hydrogens is 463 g/mol. The molecule has 1 N–H and O–H groups in total. The number of hydrogen-bond donors (Lipinski definition) is 1. The van der Waals surface area contributed by atoms with Crippen LogP contribution in [0.2, 0.25) is 0 Å². The summed E-state index contributed by atoms with van der Waals surface area (Å²) in [6.45, 7) is 8.52. The minimum absolute atomic E-state index is 0.0202. The van der Waals surface area contributed by atoms with Gasteiger partial charge in [-0.25, -0.2) is 9.18 Å². The van der Waals surface area contributed by atoms with E-state index < -0.39 is 11.8 Å². The number of benzene rings is 2. The van der Waals surface area contributed by atoms with Crippen molar-refractivity contribution in [2.45, 2.75) is 52.1 Å². The molecule has 0 bridgehead atoms. The first-order chi connectivity index (χ1) is 17.4. The Balaban J connectivity index is 1.99. The van der Waals surface area contributed by atoms with E-state index in [9.17, 15) is 14.0 Å². The third-order valence-corrected chi connectivity index (χ3v) is 6.20. The number of piperidine rings is 1. The lowest BCUT2D eigenvalue weighted by Crippen LogP contribution is -2.51. The number of carbonyl (C=O) groups excluding carboxylic acids is 2. The van der Waals surface area contributed by atoms with E-state index in [0.717, 1.165) is 25.9 Å². The molecule has 196 valence electrons. The van der Waals surface area contributed by atoms with Crippen LogP contribution in [0.3, 0.4) is 0 Å². The number of carbonyl (C=O) groups is 2. The Bertz CT molecular complexity index is 1040. The van der Waals surface area contributed by atoms with Crippen molar-refractivity contribution in [3.8, 4) is 16.9 Å². The maximum absolute atomic E-state index is 15.0. The molecule has 1 amide bonds. The van der Waals surface area contributed by atoms with Crippen molar-refractivity contribution in [1.29, 1.82) is 0 Å². The first kappa shape index (κ1) is 27.6. The van der Waals surface area contributed by atoms with E-state index in [0.29, 0.717) is 36.5 Å². The largest absolute Gasteiger partial charge is 0.493 e. The summed E-state index contributed by atoms with van der Waals surface area (Å²) in [4.78, 5) is 27.8. The summed E-state index contributed by atoms with van der Waals surface area (Å²) in [7, 11) is 1.61. The number of esters is 1. The zero-order chi connectivity index (χ0) is 26.1. The van der Waals surface area contributed by atoms with Crippen LogP contribution in [0.4, 0.5) is 4.39 Å². The first-order valence-corrected chi connectivity index (χ1v) is 12.6. The van der Waals surface area contributed by atoms with Gasteiger partial charge >= 0.3 is 5.97 Å². The van der Waals surface area contributed by atoms with E-state index in [-0.39, 0.29) is 35.7 Å². The maximum Gasteiger partial charge on any atom is 0.338 e. The van der Waals surface area contributed by atoms with E-state index in [1.54, 1.807) is 32.2 Å². The Morgan fingerprint density at radius 1 is 1.11 bits per heavy atom. The van der Waals surface area contributed by atoms with Crippen LogP contribution in [-0.2, 0) is 9.47 Å². The summed E-state index contributed by atoms with van der Waals surface area (Å²) in [6, 6.07) is 9.28. The van der Waals surface area contributed by atoms with Crippen molar-refractivity contribution in [2.75, 3.05) is 40.0 Å². The van der Waals surface area contributed by atoms with E-state index in [1.807, 2.05) is 18.7 Å². The standard InChI is InChI=1S/C28H37FN2O5/c1-5-35-28(33)21-10-12-25(29)24(16-21)23-11-9-20(17-26(23)36-15-7-14-34-4)27(32)31(19(2)3)22-8-6-13-30-18-22/h9-12,16-17,19,22,30H,5-8,13-15,18H2,1-4H3/t22-/m1/s1. The highest BCUT2D eigenvalue weighted by Gasteiger charge is 2.29. The molecule has 2 aromatic carbocycles. The fourth-order valence-corrected chi connectivity index (χ4v) is 4.50. The molecule has 36 heavy (non-hydrogen) atoms. The molecule has 1 saturated heterocycles. The van der Waals surface area contributed by atoms with Gasteiger partial charge in [0.2, 0.25) is 0 Å². The zero-order valence-corrected chi connectivity index (χ0v) is 21.6. The molecule has 0 aliphatic carbocycles. The van der Waals surface area contributed by atoms with E-state index >= 15 is 0 Å². The highest BCUT2D eigenvalue weighted by Crippen LogP contribution is 2.34. The number of amides is 1. The summed E-state index contributed by atoms with van der Waals surface area (Å²) >= 11 is 0. The lowest BCUT2D eigenvalue weighted by Gasteiger charge is -2.37. The first-order valence-electron chi connectivity index (χ1n) is 12.6. The molecule has 0 unspecified atom stereocenters. The number of nitrogens with zero attached hydrogens (tertiary/aromatic N) is 1. The molecule has 1 aliphatic rings. The SMILES string of the molecule is CCOC(=O)c1ccc(F)c(-c2ccc(C(=O)N(C(C)C)[C@@H]3CCCNC3)cc2OCCCOC)c1. The Kier molecular flexibility index (Phi) is 10.3. The second-order valence-electron chi connectivity index (χ2n) is 9.13. The lowest BCUT2D eigenvalue weighted by molar-refractivity contribution is 0.0524. The minimum Gasteiger partial charge on any atom is -0.493 e. The number of nitrogens with one attached hydrogen (secondary N) is 1. The summed E-state index contributed by atoms with van der Waals surface area (Å²) in [5.74, 6) is -0.738. The predicted octanol–water partition coefficient (Wildman–Crippen LogP) is 4.69. The van der Waals surface area contributed by atoms with Gasteiger partial charge in [0.25, 0.3) is 5.91 Å². The van der Waals surface area contributed by atoms with Gasteiger partial charge in [0.05, 0.1) is 18.8 Å². The molecule has 1 fully saturated rings. The lowest BCUT2D eigenvalue weighted by atomic mass is 9.98. The van der Waals surface area contributed by atoms with E-state index in [2.05, 4.69) is 5.32 Å². The van der Waals surface area contributed by atoms with Gasteiger partial charge in [-0.1, -0.05) is 0 Å². The normalized spacial score (nSPS) is 15.6. The van der Waals surface area contributed by atoms with Gasteiger partial charge in [-0.15, -0.1) is 0 Å². The maximum atomic E-state index is 15.0. The van der Waals surface area contributed by atoms with Gasteiger partial charge in [0.1, 0.15) is 11.6 Å². The molecule has 0 spiro atoms. The summed E-state index contributed by atoms with van der Waals surface area (Å²) in [6.07, 6.45) is 2.59. The van der Waals surface area contributed by atoms with Crippen molar-refractivity contribution >= 4 is 11.9 Å². The van der Waals surface area contributed by atoms with Crippen LogP contribution in [0, 0.1) is 5.82 Å². The molecule has 8 heteroatoms. The smallest absolute Gasteiger partial charge is 0.338 e.